The molecule has 1 N–H and O–H groups in total. The van der Waals surface area contributed by atoms with Gasteiger partial charge in [0.15, 0.2) is 0 Å². The van der Waals surface area contributed by atoms with Crippen molar-refractivity contribution in [1.29, 1.82) is 0 Å². The van der Waals surface area contributed by atoms with Gasteiger partial charge in [0.1, 0.15) is 6.29 Å². The van der Waals surface area contributed by atoms with Gasteiger partial charge in [0.2, 0.25) is 0 Å². The van der Waals surface area contributed by atoms with Crippen molar-refractivity contribution in [1.82, 2.24) is 9.47 Å². The number of nitrogens with one attached hydrogen (secondary N) is 1. The standard InChI is InChI=1S/C29H41N3O/c1-7-15-31(16-14-21(2)3)18-22(4)19-32-24(6)23(5)28-17-27(12-13-29(28)32)30-26-10-8-25(20-33)9-11-26/h8-13,17,20-22,30H,7,14-16,18-19H2,1-6H3. The van der Waals surface area contributed by atoms with E-state index in [4.69, 9.17) is 0 Å². The van der Waals surface area contributed by atoms with E-state index in [0.29, 0.717) is 11.5 Å². The van der Waals surface area contributed by atoms with Crippen molar-refractivity contribution >= 4 is 28.6 Å². The van der Waals surface area contributed by atoms with Crippen LogP contribution >= 0.6 is 0 Å². The number of benzene rings is 2. The summed E-state index contributed by atoms with van der Waals surface area (Å²) < 4.78 is 2.50. The molecule has 3 aromatic rings. The number of fused-ring (bicyclic) bond motifs is 1. The Hall–Kier alpha value is -2.59. The number of aryl methyl sites for hydroxylation is 1. The van der Waals surface area contributed by atoms with E-state index < -0.39 is 0 Å². The first-order valence-electron chi connectivity index (χ1n) is 12.5. The second-order valence-electron chi connectivity index (χ2n) is 10.0. The van der Waals surface area contributed by atoms with Crippen LogP contribution < -0.4 is 5.32 Å². The van der Waals surface area contributed by atoms with Crippen molar-refractivity contribution in [2.24, 2.45) is 11.8 Å². The van der Waals surface area contributed by atoms with Crippen LogP contribution in [-0.2, 0) is 6.54 Å². The maximum Gasteiger partial charge on any atom is 0.150 e. The van der Waals surface area contributed by atoms with E-state index in [2.05, 4.69) is 74.5 Å². The predicted molar refractivity (Wildman–Crippen MR) is 142 cm³/mol. The van der Waals surface area contributed by atoms with Crippen LogP contribution in [0.25, 0.3) is 10.9 Å². The second-order valence-corrected chi connectivity index (χ2v) is 10.0. The summed E-state index contributed by atoms with van der Waals surface area (Å²) >= 11 is 0. The average Bonchev–Trinajstić information content (AvgIpc) is 3.02. The van der Waals surface area contributed by atoms with Crippen LogP contribution in [-0.4, -0.2) is 35.4 Å². The summed E-state index contributed by atoms with van der Waals surface area (Å²) in [7, 11) is 0. The van der Waals surface area contributed by atoms with Gasteiger partial charge in [0, 0.05) is 46.6 Å². The largest absolute Gasteiger partial charge is 0.356 e. The van der Waals surface area contributed by atoms with Crippen molar-refractivity contribution in [3.63, 3.8) is 0 Å². The Balaban J connectivity index is 1.76. The molecular weight excluding hydrogens is 406 g/mol. The number of anilines is 2. The summed E-state index contributed by atoms with van der Waals surface area (Å²) in [5, 5.41) is 4.78. The van der Waals surface area contributed by atoms with Crippen LogP contribution in [0.3, 0.4) is 0 Å². The van der Waals surface area contributed by atoms with Crippen molar-refractivity contribution in [2.75, 3.05) is 25.0 Å². The Kier molecular flexibility index (Phi) is 8.74. The molecule has 1 unspecified atom stereocenters. The lowest BCUT2D eigenvalue weighted by molar-refractivity contribution is 0.112. The van der Waals surface area contributed by atoms with Crippen molar-refractivity contribution in [2.45, 2.75) is 60.9 Å². The summed E-state index contributed by atoms with van der Waals surface area (Å²) in [6, 6.07) is 14.2. The van der Waals surface area contributed by atoms with Crippen LogP contribution in [0.2, 0.25) is 0 Å². The molecule has 0 saturated carbocycles. The van der Waals surface area contributed by atoms with Gasteiger partial charge < -0.3 is 14.8 Å². The number of hydrogen-bond donors (Lipinski definition) is 1. The lowest BCUT2D eigenvalue weighted by atomic mass is 10.1. The zero-order valence-corrected chi connectivity index (χ0v) is 21.3. The lowest BCUT2D eigenvalue weighted by Gasteiger charge is -2.27. The van der Waals surface area contributed by atoms with E-state index in [9.17, 15) is 4.79 Å². The molecule has 0 spiro atoms. The van der Waals surface area contributed by atoms with Gasteiger partial charge in [-0.15, -0.1) is 0 Å². The molecule has 0 bridgehead atoms. The molecule has 33 heavy (non-hydrogen) atoms. The molecular formula is C29H41N3O. The number of carbonyl (C=O) groups excluding carboxylic acids is 1. The molecule has 1 heterocycles. The van der Waals surface area contributed by atoms with Crippen LogP contribution in [0.15, 0.2) is 42.5 Å². The fourth-order valence-electron chi connectivity index (χ4n) is 4.64. The molecule has 3 rings (SSSR count). The van der Waals surface area contributed by atoms with Gasteiger partial charge in [-0.05, 0) is 99.6 Å². The van der Waals surface area contributed by atoms with Crippen molar-refractivity contribution < 1.29 is 4.79 Å². The normalized spacial score (nSPS) is 12.6. The molecule has 2 aromatic carbocycles. The molecule has 0 saturated heterocycles. The summed E-state index contributed by atoms with van der Waals surface area (Å²) in [5.74, 6) is 1.34. The molecule has 0 aliphatic carbocycles. The number of aldehydes is 1. The molecule has 4 nitrogen and oxygen atoms in total. The molecule has 0 aliphatic heterocycles. The van der Waals surface area contributed by atoms with Crippen LogP contribution in [0.1, 0.15) is 62.2 Å². The minimum Gasteiger partial charge on any atom is -0.356 e. The zero-order valence-electron chi connectivity index (χ0n) is 21.3. The summed E-state index contributed by atoms with van der Waals surface area (Å²) in [5.41, 5.74) is 6.76. The van der Waals surface area contributed by atoms with Crippen LogP contribution in [0.4, 0.5) is 11.4 Å². The first kappa shape index (κ1) is 25.0. The third-order valence-electron chi connectivity index (χ3n) is 6.60. The predicted octanol–water partition coefficient (Wildman–Crippen LogP) is 7.21. The fourth-order valence-corrected chi connectivity index (χ4v) is 4.64. The molecule has 4 heteroatoms. The van der Waals surface area contributed by atoms with Gasteiger partial charge in [-0.1, -0.05) is 27.7 Å². The Bertz CT molecular complexity index is 1050. The van der Waals surface area contributed by atoms with Gasteiger partial charge in [-0.3, -0.25) is 4.79 Å². The molecule has 0 radical (unpaired) electrons. The molecule has 178 valence electrons. The molecule has 0 aliphatic rings. The first-order chi connectivity index (χ1) is 15.8. The fraction of sp³-hybridized carbons (Fsp3) is 0.483. The van der Waals surface area contributed by atoms with E-state index in [0.717, 1.165) is 36.7 Å². The minimum absolute atomic E-state index is 0.589. The Morgan fingerprint density at radius 3 is 2.33 bits per heavy atom. The highest BCUT2D eigenvalue weighted by atomic mass is 16.1. The van der Waals surface area contributed by atoms with E-state index in [-0.39, 0.29) is 0 Å². The Morgan fingerprint density at radius 2 is 1.70 bits per heavy atom. The van der Waals surface area contributed by atoms with Gasteiger partial charge >= 0.3 is 0 Å². The summed E-state index contributed by atoms with van der Waals surface area (Å²) in [6.45, 7) is 18.3. The number of aromatic nitrogens is 1. The quantitative estimate of drug-likeness (QED) is 0.298. The topological polar surface area (TPSA) is 37.3 Å². The molecule has 1 aromatic heterocycles. The molecule has 1 atom stereocenters. The maximum absolute atomic E-state index is 10.9. The highest BCUT2D eigenvalue weighted by molar-refractivity contribution is 5.89. The summed E-state index contributed by atoms with van der Waals surface area (Å²) in [6.07, 6.45) is 3.35. The highest BCUT2D eigenvalue weighted by Gasteiger charge is 2.16. The molecule has 0 amide bonds. The monoisotopic (exact) mass is 447 g/mol. The number of carbonyl (C=O) groups is 1. The van der Waals surface area contributed by atoms with Crippen LogP contribution in [0.5, 0.6) is 0 Å². The van der Waals surface area contributed by atoms with Crippen molar-refractivity contribution in [3.8, 4) is 0 Å². The SMILES string of the molecule is CCCN(CCC(C)C)CC(C)Cn1c(C)c(C)c2cc(Nc3ccc(C=O)cc3)ccc21. The minimum atomic E-state index is 0.589. The average molecular weight is 448 g/mol. The first-order valence-corrected chi connectivity index (χ1v) is 12.5. The number of hydrogen-bond acceptors (Lipinski definition) is 3. The zero-order chi connectivity index (χ0) is 24.0. The van der Waals surface area contributed by atoms with Crippen molar-refractivity contribution in [3.05, 3.63) is 59.3 Å². The maximum atomic E-state index is 10.9. The number of rotatable bonds is 12. The van der Waals surface area contributed by atoms with Gasteiger partial charge in [-0.25, -0.2) is 0 Å². The summed E-state index contributed by atoms with van der Waals surface area (Å²) in [4.78, 5) is 13.5. The van der Waals surface area contributed by atoms with Gasteiger partial charge in [0.25, 0.3) is 0 Å². The highest BCUT2D eigenvalue weighted by Crippen LogP contribution is 2.30. The van der Waals surface area contributed by atoms with E-state index >= 15 is 0 Å². The van der Waals surface area contributed by atoms with Gasteiger partial charge in [-0.2, -0.15) is 0 Å². The van der Waals surface area contributed by atoms with E-state index in [1.807, 2.05) is 24.3 Å². The van der Waals surface area contributed by atoms with E-state index in [1.54, 1.807) is 0 Å². The smallest absolute Gasteiger partial charge is 0.150 e. The third-order valence-corrected chi connectivity index (χ3v) is 6.60. The third kappa shape index (κ3) is 6.48. The second kappa shape index (κ2) is 11.5. The Morgan fingerprint density at radius 1 is 1.00 bits per heavy atom. The van der Waals surface area contributed by atoms with Gasteiger partial charge in [0.05, 0.1) is 0 Å². The van der Waals surface area contributed by atoms with E-state index in [1.165, 1.54) is 48.1 Å². The number of nitrogens with zero attached hydrogens (tertiary/aromatic N) is 2. The lowest BCUT2D eigenvalue weighted by Crippen LogP contribution is -2.32. The molecule has 0 fully saturated rings. The Labute approximate surface area is 200 Å². The van der Waals surface area contributed by atoms with Crippen LogP contribution in [0, 0.1) is 25.7 Å².